The molecule has 0 bridgehead atoms. The number of nitrogens with zero attached hydrogens (tertiary/aromatic N) is 3. The molecule has 8 heteroatoms. The highest BCUT2D eigenvalue weighted by Crippen LogP contribution is 2.27. The first-order chi connectivity index (χ1) is 14.1. The Balaban J connectivity index is 1.34. The molecule has 1 fully saturated rings. The van der Waals surface area contributed by atoms with E-state index < -0.39 is 0 Å². The van der Waals surface area contributed by atoms with E-state index in [2.05, 4.69) is 21.7 Å². The fraction of sp³-hybridized carbons (Fsp3) is 0.476. The van der Waals surface area contributed by atoms with Crippen LogP contribution in [0.1, 0.15) is 48.3 Å². The third kappa shape index (κ3) is 4.54. The lowest BCUT2D eigenvalue weighted by molar-refractivity contribution is 0.0340. The van der Waals surface area contributed by atoms with Crippen LogP contribution in [0.25, 0.3) is 5.57 Å². The Morgan fingerprint density at radius 1 is 1.34 bits per heavy atom. The van der Waals surface area contributed by atoms with Gasteiger partial charge in [0.25, 0.3) is 5.91 Å². The van der Waals surface area contributed by atoms with E-state index in [1.807, 2.05) is 6.92 Å². The SMILES string of the molecule is CCO[C@@H]1COC[C@H]1n1cc(C(=O)NC2CC=C(c3ccc(F)cc3)CC2)nn1. The number of hydrogen-bond acceptors (Lipinski definition) is 5. The van der Waals surface area contributed by atoms with Gasteiger partial charge in [-0.25, -0.2) is 9.07 Å². The van der Waals surface area contributed by atoms with Crippen LogP contribution in [-0.2, 0) is 9.47 Å². The third-order valence-corrected chi connectivity index (χ3v) is 5.42. The van der Waals surface area contributed by atoms with Crippen LogP contribution >= 0.6 is 0 Å². The predicted octanol–water partition coefficient (Wildman–Crippen LogP) is 2.76. The van der Waals surface area contributed by atoms with Crippen molar-refractivity contribution in [3.8, 4) is 0 Å². The Morgan fingerprint density at radius 3 is 2.90 bits per heavy atom. The molecule has 1 aromatic heterocycles. The number of rotatable bonds is 6. The Kier molecular flexibility index (Phi) is 6.01. The lowest BCUT2D eigenvalue weighted by Gasteiger charge is -2.23. The van der Waals surface area contributed by atoms with Crippen LogP contribution in [0.3, 0.4) is 0 Å². The maximum atomic E-state index is 13.1. The minimum absolute atomic E-state index is 0.0443. The highest BCUT2D eigenvalue weighted by Gasteiger charge is 2.32. The molecule has 2 aromatic rings. The molecule has 154 valence electrons. The van der Waals surface area contributed by atoms with Crippen LogP contribution in [0.15, 0.2) is 36.5 Å². The zero-order chi connectivity index (χ0) is 20.2. The van der Waals surface area contributed by atoms with Crippen LogP contribution in [-0.4, -0.2) is 52.9 Å². The average Bonchev–Trinajstić information content (AvgIpc) is 3.39. The molecule has 4 rings (SSSR count). The van der Waals surface area contributed by atoms with Crippen molar-refractivity contribution in [2.45, 2.75) is 44.4 Å². The van der Waals surface area contributed by atoms with Crippen LogP contribution in [0, 0.1) is 5.82 Å². The molecule has 1 unspecified atom stereocenters. The molecule has 7 nitrogen and oxygen atoms in total. The minimum atomic E-state index is -0.236. The fourth-order valence-electron chi connectivity index (χ4n) is 3.84. The molecule has 2 heterocycles. The standard InChI is InChI=1S/C21H25FN4O3/c1-2-29-20-13-28-12-19(20)26-11-18(24-25-26)21(27)23-17-9-5-15(6-10-17)14-3-7-16(22)8-4-14/h3-5,7-8,11,17,19-20H,2,6,9-10,12-13H2,1H3,(H,23,27)/t17?,19-,20-/m1/s1. The van der Waals surface area contributed by atoms with E-state index in [-0.39, 0.29) is 29.9 Å². The maximum Gasteiger partial charge on any atom is 0.273 e. The molecule has 1 amide bonds. The quantitative estimate of drug-likeness (QED) is 0.807. The smallest absolute Gasteiger partial charge is 0.273 e. The van der Waals surface area contributed by atoms with Gasteiger partial charge in [-0.05, 0) is 49.5 Å². The predicted molar refractivity (Wildman–Crippen MR) is 105 cm³/mol. The molecular weight excluding hydrogens is 375 g/mol. The number of carbonyl (C=O) groups excluding carboxylic acids is 1. The van der Waals surface area contributed by atoms with Crippen molar-refractivity contribution in [2.75, 3.05) is 19.8 Å². The topological polar surface area (TPSA) is 78.3 Å². The minimum Gasteiger partial charge on any atom is -0.376 e. The summed E-state index contributed by atoms with van der Waals surface area (Å²) < 4.78 is 25.9. The number of nitrogens with one attached hydrogen (secondary N) is 1. The highest BCUT2D eigenvalue weighted by molar-refractivity contribution is 5.92. The van der Waals surface area contributed by atoms with Crippen LogP contribution in [0.4, 0.5) is 4.39 Å². The van der Waals surface area contributed by atoms with Gasteiger partial charge in [-0.15, -0.1) is 5.10 Å². The van der Waals surface area contributed by atoms with E-state index >= 15 is 0 Å². The number of carbonyl (C=O) groups is 1. The zero-order valence-corrected chi connectivity index (χ0v) is 16.4. The van der Waals surface area contributed by atoms with Crippen LogP contribution < -0.4 is 5.32 Å². The average molecular weight is 400 g/mol. The normalized spacial score (nSPS) is 24.3. The van der Waals surface area contributed by atoms with Crippen molar-refractivity contribution >= 4 is 11.5 Å². The van der Waals surface area contributed by atoms with Gasteiger partial charge in [0.2, 0.25) is 0 Å². The number of halogens is 1. The highest BCUT2D eigenvalue weighted by atomic mass is 19.1. The van der Waals surface area contributed by atoms with Gasteiger partial charge in [0.1, 0.15) is 18.0 Å². The second-order valence-electron chi connectivity index (χ2n) is 7.36. The maximum absolute atomic E-state index is 13.1. The monoisotopic (exact) mass is 400 g/mol. The van der Waals surface area contributed by atoms with Gasteiger partial charge in [-0.1, -0.05) is 23.4 Å². The van der Waals surface area contributed by atoms with Crippen LogP contribution in [0.2, 0.25) is 0 Å². The summed E-state index contributed by atoms with van der Waals surface area (Å²) in [5.41, 5.74) is 2.51. The van der Waals surface area contributed by atoms with E-state index in [1.54, 1.807) is 23.0 Å². The van der Waals surface area contributed by atoms with Gasteiger partial charge in [-0.3, -0.25) is 4.79 Å². The molecule has 29 heavy (non-hydrogen) atoms. The lowest BCUT2D eigenvalue weighted by atomic mass is 9.90. The molecule has 1 aliphatic carbocycles. The summed E-state index contributed by atoms with van der Waals surface area (Å²) in [4.78, 5) is 12.6. The molecule has 0 saturated carbocycles. The summed E-state index contributed by atoms with van der Waals surface area (Å²) in [6.07, 6.45) is 6.08. The Labute approximate surface area is 168 Å². The first-order valence-corrected chi connectivity index (χ1v) is 10.0. The molecule has 1 N–H and O–H groups in total. The van der Waals surface area contributed by atoms with E-state index in [9.17, 15) is 9.18 Å². The number of amides is 1. The molecule has 0 spiro atoms. The Bertz CT molecular complexity index is 880. The van der Waals surface area contributed by atoms with Gasteiger partial charge in [0.15, 0.2) is 5.69 Å². The number of allylic oxidation sites excluding steroid dienone is 1. The summed E-state index contributed by atoms with van der Waals surface area (Å²) in [5, 5.41) is 11.2. The second-order valence-corrected chi connectivity index (χ2v) is 7.36. The summed E-state index contributed by atoms with van der Waals surface area (Å²) in [7, 11) is 0. The molecule has 1 aromatic carbocycles. The van der Waals surface area contributed by atoms with Gasteiger partial charge < -0.3 is 14.8 Å². The van der Waals surface area contributed by atoms with Crippen molar-refractivity contribution in [2.24, 2.45) is 0 Å². The Morgan fingerprint density at radius 2 is 2.17 bits per heavy atom. The summed E-state index contributed by atoms with van der Waals surface area (Å²) in [5.74, 6) is -0.466. The molecule has 1 aliphatic heterocycles. The van der Waals surface area contributed by atoms with E-state index in [1.165, 1.54) is 17.7 Å². The molecule has 0 radical (unpaired) electrons. The molecule has 2 aliphatic rings. The number of hydrogen-bond donors (Lipinski definition) is 1. The van der Waals surface area contributed by atoms with E-state index in [0.717, 1.165) is 24.8 Å². The van der Waals surface area contributed by atoms with Crippen molar-refractivity contribution in [1.29, 1.82) is 0 Å². The van der Waals surface area contributed by atoms with Gasteiger partial charge >= 0.3 is 0 Å². The zero-order valence-electron chi connectivity index (χ0n) is 16.4. The molecule has 3 atom stereocenters. The van der Waals surface area contributed by atoms with Gasteiger partial charge in [0, 0.05) is 12.6 Å². The number of benzene rings is 1. The Hall–Kier alpha value is -2.58. The summed E-state index contributed by atoms with van der Waals surface area (Å²) in [6.45, 7) is 3.55. The van der Waals surface area contributed by atoms with Crippen molar-refractivity contribution in [1.82, 2.24) is 20.3 Å². The van der Waals surface area contributed by atoms with Crippen molar-refractivity contribution in [3.63, 3.8) is 0 Å². The van der Waals surface area contributed by atoms with Crippen LogP contribution in [0.5, 0.6) is 0 Å². The number of ether oxygens (including phenoxy) is 2. The van der Waals surface area contributed by atoms with Gasteiger partial charge in [-0.2, -0.15) is 0 Å². The molecular formula is C21H25FN4O3. The van der Waals surface area contributed by atoms with Gasteiger partial charge in [0.05, 0.1) is 19.4 Å². The summed E-state index contributed by atoms with van der Waals surface area (Å²) in [6, 6.07) is 6.50. The van der Waals surface area contributed by atoms with Crippen molar-refractivity contribution < 1.29 is 18.7 Å². The second kappa shape index (κ2) is 8.84. The van der Waals surface area contributed by atoms with Crippen molar-refractivity contribution in [3.05, 3.63) is 53.6 Å². The summed E-state index contributed by atoms with van der Waals surface area (Å²) >= 11 is 0. The third-order valence-electron chi connectivity index (χ3n) is 5.42. The van der Waals surface area contributed by atoms with E-state index in [4.69, 9.17) is 9.47 Å². The van der Waals surface area contributed by atoms with E-state index in [0.29, 0.717) is 25.5 Å². The first-order valence-electron chi connectivity index (χ1n) is 10.0. The molecule has 1 saturated heterocycles. The number of aromatic nitrogens is 3. The largest absolute Gasteiger partial charge is 0.376 e. The first kappa shape index (κ1) is 19.7. The fourth-order valence-corrected chi connectivity index (χ4v) is 3.84. The lowest BCUT2D eigenvalue weighted by Crippen LogP contribution is -2.35.